The number of carbonyl (C=O) groups excluding carboxylic acids is 1. The first-order valence-corrected chi connectivity index (χ1v) is 6.72. The number of hydrogen-bond donors (Lipinski definition) is 2. The van der Waals surface area contributed by atoms with E-state index < -0.39 is 6.09 Å². The zero-order valence-electron chi connectivity index (χ0n) is 8.36. The highest BCUT2D eigenvalue weighted by Gasteiger charge is 2.15. The van der Waals surface area contributed by atoms with Gasteiger partial charge in [-0.1, -0.05) is 34.8 Å². The van der Waals surface area contributed by atoms with Crippen molar-refractivity contribution in [3.63, 3.8) is 0 Å². The number of thiol groups is 2. The number of ether oxygens (including phenoxy) is 1. The Hall–Kier alpha value is 0.0600. The largest absolute Gasteiger partial charge is 0.416 e. The Morgan fingerprint density at radius 2 is 1.65 bits per heavy atom. The SMILES string of the molecule is O=C(Oc1cc(Cl)c(Cl)cc1Cl)N(CS)CS. The van der Waals surface area contributed by atoms with Crippen LogP contribution < -0.4 is 4.74 Å². The molecule has 0 spiro atoms. The molecule has 0 aliphatic rings. The minimum Gasteiger partial charge on any atom is -0.409 e. The molecule has 0 saturated carbocycles. The van der Waals surface area contributed by atoms with E-state index in [4.69, 9.17) is 39.5 Å². The summed E-state index contributed by atoms with van der Waals surface area (Å²) in [7, 11) is 0. The van der Waals surface area contributed by atoms with Crippen molar-refractivity contribution in [1.82, 2.24) is 4.90 Å². The summed E-state index contributed by atoms with van der Waals surface area (Å²) in [5, 5.41) is 0.741. The maximum absolute atomic E-state index is 11.6. The second-order valence-corrected chi connectivity index (χ2v) is 4.67. The molecule has 94 valence electrons. The normalized spacial score (nSPS) is 10.2. The van der Waals surface area contributed by atoms with Gasteiger partial charge in [0.25, 0.3) is 0 Å². The lowest BCUT2D eigenvalue weighted by molar-refractivity contribution is 0.168. The zero-order chi connectivity index (χ0) is 13.0. The molecule has 17 heavy (non-hydrogen) atoms. The summed E-state index contributed by atoms with van der Waals surface area (Å²) < 4.78 is 5.04. The molecule has 0 saturated heterocycles. The maximum Gasteiger partial charge on any atom is 0.416 e. The van der Waals surface area contributed by atoms with Gasteiger partial charge in [-0.15, -0.1) is 0 Å². The Morgan fingerprint density at radius 3 is 2.18 bits per heavy atom. The zero-order valence-corrected chi connectivity index (χ0v) is 12.4. The van der Waals surface area contributed by atoms with E-state index in [0.29, 0.717) is 0 Å². The summed E-state index contributed by atoms with van der Waals surface area (Å²) in [6, 6.07) is 2.78. The third-order valence-electron chi connectivity index (χ3n) is 1.77. The topological polar surface area (TPSA) is 29.5 Å². The second kappa shape index (κ2) is 6.85. The van der Waals surface area contributed by atoms with Crippen molar-refractivity contribution in [2.24, 2.45) is 0 Å². The van der Waals surface area contributed by atoms with E-state index in [1.807, 2.05) is 0 Å². The summed E-state index contributed by atoms with van der Waals surface area (Å²) in [6.07, 6.45) is -0.615. The molecule has 0 aromatic heterocycles. The van der Waals surface area contributed by atoms with Crippen molar-refractivity contribution in [2.45, 2.75) is 0 Å². The summed E-state index contributed by atoms with van der Waals surface area (Å²) >= 11 is 25.3. The highest BCUT2D eigenvalue weighted by atomic mass is 35.5. The van der Waals surface area contributed by atoms with E-state index in [1.54, 1.807) is 0 Å². The number of carbonyl (C=O) groups is 1. The number of hydrogen-bond acceptors (Lipinski definition) is 4. The van der Waals surface area contributed by atoms with Gasteiger partial charge >= 0.3 is 6.09 Å². The molecule has 3 nitrogen and oxygen atoms in total. The van der Waals surface area contributed by atoms with Crippen molar-refractivity contribution in [1.29, 1.82) is 0 Å². The molecule has 0 aliphatic carbocycles. The van der Waals surface area contributed by atoms with Crippen molar-refractivity contribution >= 4 is 66.2 Å². The van der Waals surface area contributed by atoms with E-state index in [2.05, 4.69) is 25.3 Å². The molecule has 0 bridgehead atoms. The molecule has 0 aliphatic heterocycles. The van der Waals surface area contributed by atoms with Gasteiger partial charge in [0.15, 0.2) is 5.75 Å². The average Bonchev–Trinajstić information content (AvgIpc) is 2.27. The van der Waals surface area contributed by atoms with Crippen LogP contribution in [0.2, 0.25) is 15.1 Å². The van der Waals surface area contributed by atoms with Crippen LogP contribution in [0.5, 0.6) is 5.75 Å². The van der Waals surface area contributed by atoms with Gasteiger partial charge in [-0.05, 0) is 6.07 Å². The Bertz CT molecular complexity index is 427. The maximum atomic E-state index is 11.6. The lowest BCUT2D eigenvalue weighted by atomic mass is 10.3. The first-order chi connectivity index (χ1) is 7.99. The second-order valence-electron chi connectivity index (χ2n) is 2.89. The predicted octanol–water partition coefficient (Wildman–Crippen LogP) is 4.22. The third-order valence-corrected chi connectivity index (χ3v) is 3.47. The summed E-state index contributed by atoms with van der Waals surface area (Å²) in [5.41, 5.74) is 0. The highest BCUT2D eigenvalue weighted by Crippen LogP contribution is 2.34. The fraction of sp³-hybridized carbons (Fsp3) is 0.222. The lowest BCUT2D eigenvalue weighted by Crippen LogP contribution is -2.31. The minimum absolute atomic E-state index is 0.139. The van der Waals surface area contributed by atoms with Gasteiger partial charge in [-0.25, -0.2) is 4.79 Å². The molecule has 0 N–H and O–H groups in total. The van der Waals surface area contributed by atoms with E-state index >= 15 is 0 Å². The highest BCUT2D eigenvalue weighted by molar-refractivity contribution is 7.81. The van der Waals surface area contributed by atoms with Gasteiger partial charge in [-0.2, -0.15) is 25.3 Å². The van der Waals surface area contributed by atoms with Crippen LogP contribution >= 0.6 is 60.1 Å². The molecule has 0 unspecified atom stereocenters. The van der Waals surface area contributed by atoms with Gasteiger partial charge in [-0.3, -0.25) is 4.90 Å². The fourth-order valence-corrected chi connectivity index (χ4v) is 2.07. The molecule has 1 aromatic rings. The van der Waals surface area contributed by atoms with E-state index in [-0.39, 0.29) is 32.6 Å². The van der Waals surface area contributed by atoms with Crippen LogP contribution in [0.4, 0.5) is 4.79 Å². The Morgan fingerprint density at radius 1 is 1.12 bits per heavy atom. The molecular formula is C9H8Cl3NO2S2. The van der Waals surface area contributed by atoms with Gasteiger partial charge in [0.2, 0.25) is 0 Å². The van der Waals surface area contributed by atoms with Gasteiger partial charge in [0.05, 0.1) is 26.8 Å². The van der Waals surface area contributed by atoms with Crippen LogP contribution in [0, 0.1) is 0 Å². The minimum atomic E-state index is -0.615. The Kier molecular flexibility index (Phi) is 6.09. The van der Waals surface area contributed by atoms with Crippen LogP contribution in [0.1, 0.15) is 0 Å². The van der Waals surface area contributed by atoms with Crippen LogP contribution in [-0.2, 0) is 0 Å². The molecular weight excluding hydrogens is 325 g/mol. The summed E-state index contributed by atoms with van der Waals surface area (Å²) in [4.78, 5) is 12.8. The standard InChI is InChI=1S/C9H8Cl3NO2S2/c10-5-1-7(12)8(2-6(5)11)15-9(14)13(3-16)4-17/h1-2,16-17H,3-4H2. The molecule has 0 atom stereocenters. The van der Waals surface area contributed by atoms with Crippen molar-refractivity contribution in [3.05, 3.63) is 27.2 Å². The van der Waals surface area contributed by atoms with Crippen LogP contribution in [0.25, 0.3) is 0 Å². The summed E-state index contributed by atoms with van der Waals surface area (Å²) in [6.45, 7) is 0. The van der Waals surface area contributed by atoms with Crippen molar-refractivity contribution in [3.8, 4) is 5.75 Å². The molecule has 8 heteroatoms. The average molecular weight is 333 g/mol. The van der Waals surface area contributed by atoms with E-state index in [0.717, 1.165) is 0 Å². The Labute approximate surface area is 125 Å². The first kappa shape index (κ1) is 15.1. The van der Waals surface area contributed by atoms with Crippen LogP contribution in [0.15, 0.2) is 12.1 Å². The van der Waals surface area contributed by atoms with Gasteiger partial charge in [0, 0.05) is 6.07 Å². The third kappa shape index (κ3) is 4.03. The van der Waals surface area contributed by atoms with Gasteiger partial charge in [0.1, 0.15) is 0 Å². The quantitative estimate of drug-likeness (QED) is 0.493. The number of rotatable bonds is 3. The van der Waals surface area contributed by atoms with E-state index in [9.17, 15) is 4.79 Å². The van der Waals surface area contributed by atoms with Crippen LogP contribution in [-0.4, -0.2) is 22.7 Å². The Balaban J connectivity index is 2.88. The predicted molar refractivity (Wildman–Crippen MR) is 77.0 cm³/mol. The molecule has 0 radical (unpaired) electrons. The summed E-state index contributed by atoms with van der Waals surface area (Å²) in [5.74, 6) is 0.502. The first-order valence-electron chi connectivity index (χ1n) is 4.32. The smallest absolute Gasteiger partial charge is 0.409 e. The van der Waals surface area contributed by atoms with E-state index in [1.165, 1.54) is 17.0 Å². The lowest BCUT2D eigenvalue weighted by Gasteiger charge is -2.17. The van der Waals surface area contributed by atoms with Crippen LogP contribution in [0.3, 0.4) is 0 Å². The van der Waals surface area contributed by atoms with Crippen molar-refractivity contribution in [2.75, 3.05) is 11.8 Å². The molecule has 1 amide bonds. The molecule has 1 aromatic carbocycles. The number of amides is 1. The van der Waals surface area contributed by atoms with Crippen molar-refractivity contribution < 1.29 is 9.53 Å². The monoisotopic (exact) mass is 331 g/mol. The number of benzene rings is 1. The van der Waals surface area contributed by atoms with Gasteiger partial charge < -0.3 is 4.74 Å². The fourth-order valence-electron chi connectivity index (χ4n) is 0.901. The molecule has 0 heterocycles. The molecule has 0 fully saturated rings. The number of halogens is 3. The molecule has 1 rings (SSSR count). The number of nitrogens with zero attached hydrogens (tertiary/aromatic N) is 1.